The van der Waals surface area contributed by atoms with Crippen LogP contribution in [0.4, 0.5) is 0 Å². The zero-order valence-corrected chi connectivity index (χ0v) is 14.6. The summed E-state index contributed by atoms with van der Waals surface area (Å²) in [6.07, 6.45) is 7.00. The largest absolute Gasteiger partial charge is 0.493 e. The van der Waals surface area contributed by atoms with Gasteiger partial charge in [-0.2, -0.15) is 0 Å². The van der Waals surface area contributed by atoms with Gasteiger partial charge in [-0.05, 0) is 31.4 Å². The molecule has 7 heteroatoms. The van der Waals surface area contributed by atoms with Crippen molar-refractivity contribution in [1.82, 2.24) is 4.72 Å². The standard InChI is InChI=1S/C17H25NO5S/c19-24(20,18-14-6-3-1-2-4-7-14)11-5-10-21-15-8-9-16-17(12-15)23-13-22-16/h8-9,12,14,18H,1-7,10-11,13H2. The third-order valence-electron chi connectivity index (χ3n) is 4.37. The van der Waals surface area contributed by atoms with Crippen LogP contribution in [0.25, 0.3) is 0 Å². The molecule has 1 heterocycles. The molecule has 0 spiro atoms. The molecule has 1 fully saturated rings. The van der Waals surface area contributed by atoms with E-state index in [0.717, 1.165) is 25.7 Å². The minimum Gasteiger partial charge on any atom is -0.493 e. The first-order chi connectivity index (χ1) is 11.6. The topological polar surface area (TPSA) is 73.9 Å². The molecule has 1 aliphatic heterocycles. The summed E-state index contributed by atoms with van der Waals surface area (Å²) in [6, 6.07) is 5.46. The van der Waals surface area contributed by atoms with E-state index in [9.17, 15) is 8.42 Å². The molecule has 134 valence electrons. The second-order valence-corrected chi connectivity index (χ2v) is 8.22. The van der Waals surface area contributed by atoms with Gasteiger partial charge in [-0.15, -0.1) is 0 Å². The normalized spacial score (nSPS) is 18.3. The highest BCUT2D eigenvalue weighted by atomic mass is 32.2. The van der Waals surface area contributed by atoms with Crippen molar-refractivity contribution in [2.24, 2.45) is 0 Å². The first-order valence-electron chi connectivity index (χ1n) is 8.65. The number of rotatable bonds is 7. The van der Waals surface area contributed by atoms with Crippen molar-refractivity contribution in [3.8, 4) is 17.2 Å². The third kappa shape index (κ3) is 5.01. The number of nitrogens with one attached hydrogen (secondary N) is 1. The molecule has 0 amide bonds. The van der Waals surface area contributed by atoms with Crippen molar-refractivity contribution in [1.29, 1.82) is 0 Å². The predicted octanol–water partition coefficient (Wildman–Crippen LogP) is 2.83. The lowest BCUT2D eigenvalue weighted by molar-refractivity contribution is 0.173. The Balaban J connectivity index is 1.40. The summed E-state index contributed by atoms with van der Waals surface area (Å²) in [7, 11) is -3.24. The molecule has 3 rings (SSSR count). The van der Waals surface area contributed by atoms with E-state index >= 15 is 0 Å². The van der Waals surface area contributed by atoms with E-state index in [4.69, 9.17) is 14.2 Å². The molecule has 6 nitrogen and oxygen atoms in total. The van der Waals surface area contributed by atoms with Crippen LogP contribution < -0.4 is 18.9 Å². The molecule has 0 radical (unpaired) electrons. The Morgan fingerprint density at radius 3 is 2.62 bits per heavy atom. The Bertz CT molecular complexity index is 638. The van der Waals surface area contributed by atoms with Crippen molar-refractivity contribution in [2.45, 2.75) is 51.0 Å². The maximum absolute atomic E-state index is 12.2. The molecule has 0 aromatic heterocycles. The molecule has 1 saturated carbocycles. The van der Waals surface area contributed by atoms with Crippen LogP contribution in [-0.2, 0) is 10.0 Å². The van der Waals surface area contributed by atoms with Gasteiger partial charge >= 0.3 is 0 Å². The third-order valence-corrected chi connectivity index (χ3v) is 5.89. The molecular formula is C17H25NO5S. The maximum atomic E-state index is 12.2. The molecule has 0 unspecified atom stereocenters. The quantitative estimate of drug-likeness (QED) is 0.601. The first kappa shape index (κ1) is 17.4. The molecule has 1 N–H and O–H groups in total. The predicted molar refractivity (Wildman–Crippen MR) is 91.1 cm³/mol. The van der Waals surface area contributed by atoms with E-state index in [1.165, 1.54) is 12.8 Å². The van der Waals surface area contributed by atoms with Gasteiger partial charge in [0.1, 0.15) is 5.75 Å². The number of benzene rings is 1. The van der Waals surface area contributed by atoms with Crippen molar-refractivity contribution >= 4 is 10.0 Å². The van der Waals surface area contributed by atoms with Gasteiger partial charge in [0.2, 0.25) is 16.8 Å². The molecular weight excluding hydrogens is 330 g/mol. The molecule has 0 bridgehead atoms. The number of hydrogen-bond acceptors (Lipinski definition) is 5. The van der Waals surface area contributed by atoms with E-state index in [1.54, 1.807) is 18.2 Å². The van der Waals surface area contributed by atoms with Crippen LogP contribution in [0.15, 0.2) is 18.2 Å². The number of fused-ring (bicyclic) bond motifs is 1. The Kier molecular flexibility index (Phi) is 5.84. The second-order valence-electron chi connectivity index (χ2n) is 6.34. The molecule has 0 atom stereocenters. The van der Waals surface area contributed by atoms with E-state index in [-0.39, 0.29) is 18.6 Å². The van der Waals surface area contributed by atoms with Gasteiger partial charge in [0, 0.05) is 12.1 Å². The van der Waals surface area contributed by atoms with Gasteiger partial charge in [-0.3, -0.25) is 0 Å². The van der Waals surface area contributed by atoms with E-state index in [2.05, 4.69) is 4.72 Å². The fourth-order valence-electron chi connectivity index (χ4n) is 3.12. The minimum absolute atomic E-state index is 0.0913. The zero-order valence-electron chi connectivity index (χ0n) is 13.8. The lowest BCUT2D eigenvalue weighted by atomic mass is 10.1. The Morgan fingerprint density at radius 1 is 1.08 bits per heavy atom. The van der Waals surface area contributed by atoms with Crippen LogP contribution in [-0.4, -0.2) is 33.6 Å². The molecule has 24 heavy (non-hydrogen) atoms. The van der Waals surface area contributed by atoms with Gasteiger partial charge in [0.25, 0.3) is 0 Å². The second kappa shape index (κ2) is 8.07. The highest BCUT2D eigenvalue weighted by Crippen LogP contribution is 2.35. The molecule has 1 aromatic rings. The molecule has 0 saturated heterocycles. The van der Waals surface area contributed by atoms with Crippen molar-refractivity contribution in [3.63, 3.8) is 0 Å². The van der Waals surface area contributed by atoms with Gasteiger partial charge in [0.05, 0.1) is 12.4 Å². The van der Waals surface area contributed by atoms with Crippen molar-refractivity contribution in [3.05, 3.63) is 18.2 Å². The Morgan fingerprint density at radius 2 is 1.83 bits per heavy atom. The number of hydrogen-bond donors (Lipinski definition) is 1. The molecule has 2 aliphatic rings. The van der Waals surface area contributed by atoms with Crippen LogP contribution in [0.1, 0.15) is 44.9 Å². The SMILES string of the molecule is O=S(=O)(CCCOc1ccc2c(c1)OCO2)NC1CCCCCC1. The summed E-state index contributed by atoms with van der Waals surface area (Å²) >= 11 is 0. The number of sulfonamides is 1. The van der Waals surface area contributed by atoms with Crippen molar-refractivity contribution in [2.75, 3.05) is 19.2 Å². The first-order valence-corrected chi connectivity index (χ1v) is 10.3. The van der Waals surface area contributed by atoms with Crippen LogP contribution >= 0.6 is 0 Å². The summed E-state index contributed by atoms with van der Waals surface area (Å²) in [4.78, 5) is 0. The summed E-state index contributed by atoms with van der Waals surface area (Å²) < 4.78 is 43.3. The fourth-order valence-corrected chi connectivity index (χ4v) is 4.48. The monoisotopic (exact) mass is 355 g/mol. The Labute approximate surface area is 143 Å². The van der Waals surface area contributed by atoms with Gasteiger partial charge in [0.15, 0.2) is 11.5 Å². The Hall–Kier alpha value is -1.47. The lowest BCUT2D eigenvalue weighted by Crippen LogP contribution is -2.36. The summed E-state index contributed by atoms with van der Waals surface area (Å²) in [5, 5.41) is 0. The van der Waals surface area contributed by atoms with Crippen LogP contribution in [0.3, 0.4) is 0 Å². The highest BCUT2D eigenvalue weighted by Gasteiger charge is 2.19. The van der Waals surface area contributed by atoms with Gasteiger partial charge in [-0.1, -0.05) is 25.7 Å². The molecule has 1 aromatic carbocycles. The zero-order chi connectivity index (χ0) is 16.8. The summed E-state index contributed by atoms with van der Waals surface area (Å²) in [6.45, 7) is 0.578. The van der Waals surface area contributed by atoms with E-state index in [0.29, 0.717) is 30.3 Å². The van der Waals surface area contributed by atoms with Crippen molar-refractivity contribution < 1.29 is 22.6 Å². The average molecular weight is 355 g/mol. The summed E-state index contributed by atoms with van der Waals surface area (Å²) in [5.41, 5.74) is 0. The van der Waals surface area contributed by atoms with Gasteiger partial charge < -0.3 is 14.2 Å². The van der Waals surface area contributed by atoms with Gasteiger partial charge in [-0.25, -0.2) is 13.1 Å². The van der Waals surface area contributed by atoms with E-state index < -0.39 is 10.0 Å². The summed E-state index contributed by atoms with van der Waals surface area (Å²) in [5.74, 6) is 2.12. The number of ether oxygens (including phenoxy) is 3. The van der Waals surface area contributed by atoms with Crippen LogP contribution in [0.2, 0.25) is 0 Å². The fraction of sp³-hybridized carbons (Fsp3) is 0.647. The average Bonchev–Trinajstić information content (AvgIpc) is 2.88. The maximum Gasteiger partial charge on any atom is 0.231 e. The van der Waals surface area contributed by atoms with Crippen LogP contribution in [0.5, 0.6) is 17.2 Å². The molecule has 1 aliphatic carbocycles. The highest BCUT2D eigenvalue weighted by molar-refractivity contribution is 7.89. The van der Waals surface area contributed by atoms with E-state index in [1.807, 2.05) is 0 Å². The smallest absolute Gasteiger partial charge is 0.231 e. The lowest BCUT2D eigenvalue weighted by Gasteiger charge is -2.16. The minimum atomic E-state index is -3.24. The van der Waals surface area contributed by atoms with Crippen LogP contribution in [0, 0.1) is 0 Å².